The van der Waals surface area contributed by atoms with Crippen LogP contribution in [0.15, 0.2) is 0 Å². The first-order valence-electron chi connectivity index (χ1n) is 3.68. The number of likely N-dealkylation sites (N-methyl/N-ethyl adjacent to an activating group) is 1. The first-order valence-corrected chi connectivity index (χ1v) is 3.68. The Morgan fingerprint density at radius 2 is 2.09 bits per heavy atom. The number of carboxylic acid groups (broad SMARTS) is 1. The van der Waals surface area contributed by atoms with Crippen LogP contribution in [0.5, 0.6) is 0 Å². The Balaban J connectivity index is 3.16. The Labute approximate surface area is 66.4 Å². The van der Waals surface area contributed by atoms with Crippen molar-refractivity contribution < 1.29 is 15.0 Å². The second kappa shape index (κ2) is 6.12. The van der Waals surface area contributed by atoms with Crippen molar-refractivity contribution in [3.63, 3.8) is 0 Å². The molecule has 0 aromatic carbocycles. The minimum atomic E-state index is -0.762. The Morgan fingerprint density at radius 3 is 2.55 bits per heavy atom. The lowest BCUT2D eigenvalue weighted by atomic mass is 10.3. The molecule has 4 nitrogen and oxygen atoms in total. The van der Waals surface area contributed by atoms with Gasteiger partial charge in [0.15, 0.2) is 0 Å². The Bertz CT molecular complexity index is 116. The van der Waals surface area contributed by atoms with E-state index in [1.54, 1.807) is 0 Å². The molecule has 0 unspecified atom stereocenters. The monoisotopic (exact) mass is 161 g/mol. The van der Waals surface area contributed by atoms with Crippen molar-refractivity contribution in [1.82, 2.24) is 4.90 Å². The summed E-state index contributed by atoms with van der Waals surface area (Å²) in [5, 5.41) is 16.8. The van der Waals surface area contributed by atoms with E-state index >= 15 is 0 Å². The maximum atomic E-state index is 10.1. The number of aliphatic hydroxyl groups excluding tert-OH is 1. The van der Waals surface area contributed by atoms with Crippen molar-refractivity contribution in [2.24, 2.45) is 0 Å². The van der Waals surface area contributed by atoms with Crippen molar-refractivity contribution in [2.75, 3.05) is 26.7 Å². The van der Waals surface area contributed by atoms with E-state index < -0.39 is 5.97 Å². The number of nitrogens with zero attached hydrogens (tertiary/aromatic N) is 1. The Morgan fingerprint density at radius 1 is 1.45 bits per heavy atom. The lowest BCUT2D eigenvalue weighted by Gasteiger charge is -2.13. The fourth-order valence-corrected chi connectivity index (χ4v) is 0.783. The van der Waals surface area contributed by atoms with Crippen LogP contribution in [0.25, 0.3) is 0 Å². The number of rotatable bonds is 6. The van der Waals surface area contributed by atoms with Crippen LogP contribution >= 0.6 is 0 Å². The summed E-state index contributed by atoms with van der Waals surface area (Å²) in [5.41, 5.74) is 0. The van der Waals surface area contributed by atoms with Gasteiger partial charge in [-0.1, -0.05) is 0 Å². The van der Waals surface area contributed by atoms with Crippen molar-refractivity contribution in [3.8, 4) is 0 Å². The second-order valence-corrected chi connectivity index (χ2v) is 2.52. The highest BCUT2D eigenvalue weighted by atomic mass is 16.4. The first-order chi connectivity index (χ1) is 5.16. The maximum Gasteiger partial charge on any atom is 0.303 e. The standard InChI is InChI=1S/C7H15NO3/c1-8(5-6-9)4-2-3-7(10)11/h9H,2-6H2,1H3,(H,10,11). The molecule has 0 aromatic heterocycles. The zero-order chi connectivity index (χ0) is 8.69. The molecule has 66 valence electrons. The van der Waals surface area contributed by atoms with Gasteiger partial charge in [0.25, 0.3) is 0 Å². The summed E-state index contributed by atoms with van der Waals surface area (Å²) in [6.45, 7) is 1.47. The van der Waals surface area contributed by atoms with Gasteiger partial charge in [-0.3, -0.25) is 4.79 Å². The molecular weight excluding hydrogens is 146 g/mol. The molecule has 0 heterocycles. The highest BCUT2D eigenvalue weighted by Crippen LogP contribution is 1.91. The number of aliphatic hydroxyl groups is 1. The third-order valence-electron chi connectivity index (χ3n) is 1.41. The lowest BCUT2D eigenvalue weighted by molar-refractivity contribution is -0.137. The van der Waals surface area contributed by atoms with Crippen LogP contribution in [0, 0.1) is 0 Å². The molecule has 0 aliphatic rings. The van der Waals surface area contributed by atoms with E-state index in [4.69, 9.17) is 10.2 Å². The zero-order valence-corrected chi connectivity index (χ0v) is 6.79. The molecule has 0 aromatic rings. The quantitative estimate of drug-likeness (QED) is 0.565. The summed E-state index contributed by atoms with van der Waals surface area (Å²) >= 11 is 0. The summed E-state index contributed by atoms with van der Waals surface area (Å²) in [4.78, 5) is 12.0. The minimum Gasteiger partial charge on any atom is -0.481 e. The van der Waals surface area contributed by atoms with E-state index in [1.165, 1.54) is 0 Å². The third-order valence-corrected chi connectivity index (χ3v) is 1.41. The molecule has 11 heavy (non-hydrogen) atoms. The molecule has 0 spiro atoms. The van der Waals surface area contributed by atoms with Crippen molar-refractivity contribution in [2.45, 2.75) is 12.8 Å². The summed E-state index contributed by atoms with van der Waals surface area (Å²) in [6.07, 6.45) is 0.849. The number of aliphatic carboxylic acids is 1. The molecule has 0 rings (SSSR count). The predicted octanol–water partition coefficient (Wildman–Crippen LogP) is -0.225. The van der Waals surface area contributed by atoms with Gasteiger partial charge in [-0.05, 0) is 20.0 Å². The predicted molar refractivity (Wildman–Crippen MR) is 41.5 cm³/mol. The second-order valence-electron chi connectivity index (χ2n) is 2.52. The van der Waals surface area contributed by atoms with Gasteiger partial charge in [0.2, 0.25) is 0 Å². The molecular formula is C7H15NO3. The largest absolute Gasteiger partial charge is 0.481 e. The van der Waals surface area contributed by atoms with Crippen molar-refractivity contribution in [3.05, 3.63) is 0 Å². The van der Waals surface area contributed by atoms with Crippen molar-refractivity contribution in [1.29, 1.82) is 0 Å². The summed E-state index contributed by atoms with van der Waals surface area (Å²) in [6, 6.07) is 0. The fraction of sp³-hybridized carbons (Fsp3) is 0.857. The van der Waals surface area contributed by atoms with Crippen LogP contribution in [0.2, 0.25) is 0 Å². The minimum absolute atomic E-state index is 0.129. The molecule has 0 saturated carbocycles. The number of hydrogen-bond acceptors (Lipinski definition) is 3. The molecule has 0 saturated heterocycles. The van der Waals surface area contributed by atoms with E-state index in [0.717, 1.165) is 6.54 Å². The SMILES string of the molecule is CN(CCO)CCCC(=O)O. The molecule has 0 bridgehead atoms. The van der Waals surface area contributed by atoms with Crippen LogP contribution in [-0.2, 0) is 4.79 Å². The average molecular weight is 161 g/mol. The summed E-state index contributed by atoms with van der Waals surface area (Å²) in [7, 11) is 1.86. The van der Waals surface area contributed by atoms with Crippen LogP contribution in [0.1, 0.15) is 12.8 Å². The van der Waals surface area contributed by atoms with Gasteiger partial charge in [-0.2, -0.15) is 0 Å². The topological polar surface area (TPSA) is 60.8 Å². The maximum absolute atomic E-state index is 10.1. The van der Waals surface area contributed by atoms with E-state index in [2.05, 4.69) is 0 Å². The van der Waals surface area contributed by atoms with E-state index in [1.807, 2.05) is 11.9 Å². The van der Waals surface area contributed by atoms with Gasteiger partial charge in [0, 0.05) is 13.0 Å². The zero-order valence-electron chi connectivity index (χ0n) is 6.79. The third kappa shape index (κ3) is 7.29. The van der Waals surface area contributed by atoms with Gasteiger partial charge in [-0.25, -0.2) is 0 Å². The van der Waals surface area contributed by atoms with E-state index in [0.29, 0.717) is 13.0 Å². The molecule has 0 radical (unpaired) electrons. The molecule has 0 atom stereocenters. The van der Waals surface area contributed by atoms with Crippen LogP contribution < -0.4 is 0 Å². The molecule has 0 fully saturated rings. The Kier molecular flexibility index (Phi) is 5.78. The number of carbonyl (C=O) groups is 1. The summed E-state index contributed by atoms with van der Waals surface area (Å²) in [5.74, 6) is -0.762. The van der Waals surface area contributed by atoms with Gasteiger partial charge in [0.05, 0.1) is 6.61 Å². The van der Waals surface area contributed by atoms with Crippen LogP contribution in [0.3, 0.4) is 0 Å². The molecule has 0 aliphatic carbocycles. The molecule has 0 amide bonds. The number of hydrogen-bond donors (Lipinski definition) is 2. The normalized spacial score (nSPS) is 10.5. The highest BCUT2D eigenvalue weighted by molar-refractivity contribution is 5.66. The van der Waals surface area contributed by atoms with Gasteiger partial charge >= 0.3 is 5.97 Å². The first kappa shape index (κ1) is 10.4. The van der Waals surface area contributed by atoms with Crippen LogP contribution in [-0.4, -0.2) is 47.8 Å². The smallest absolute Gasteiger partial charge is 0.303 e. The van der Waals surface area contributed by atoms with Gasteiger partial charge in [0.1, 0.15) is 0 Å². The van der Waals surface area contributed by atoms with Crippen LogP contribution in [0.4, 0.5) is 0 Å². The Hall–Kier alpha value is -0.610. The highest BCUT2D eigenvalue weighted by Gasteiger charge is 1.99. The molecule has 2 N–H and O–H groups in total. The fourth-order valence-electron chi connectivity index (χ4n) is 0.783. The van der Waals surface area contributed by atoms with E-state index in [-0.39, 0.29) is 13.0 Å². The van der Waals surface area contributed by atoms with E-state index in [9.17, 15) is 4.79 Å². The lowest BCUT2D eigenvalue weighted by Crippen LogP contribution is -2.23. The van der Waals surface area contributed by atoms with Crippen molar-refractivity contribution >= 4 is 5.97 Å². The average Bonchev–Trinajstić information content (AvgIpc) is 1.87. The summed E-state index contributed by atoms with van der Waals surface area (Å²) < 4.78 is 0. The van der Waals surface area contributed by atoms with Gasteiger partial charge in [-0.15, -0.1) is 0 Å². The number of carboxylic acids is 1. The molecule has 4 heteroatoms. The molecule has 0 aliphatic heterocycles. The van der Waals surface area contributed by atoms with Gasteiger partial charge < -0.3 is 15.1 Å².